The fourth-order valence-corrected chi connectivity index (χ4v) is 2.44. The number of primary amides is 1. The van der Waals surface area contributed by atoms with Crippen molar-refractivity contribution in [1.29, 1.82) is 0 Å². The van der Waals surface area contributed by atoms with Crippen LogP contribution in [0.1, 0.15) is 18.4 Å². The molecule has 0 heterocycles. The van der Waals surface area contributed by atoms with Crippen molar-refractivity contribution >= 4 is 27.4 Å². The molecule has 1 amide bonds. The molecule has 2 rings (SSSR count). The van der Waals surface area contributed by atoms with Crippen LogP contribution in [-0.2, 0) is 4.79 Å². The minimum Gasteiger partial charge on any atom is -0.366 e. The Kier molecular flexibility index (Phi) is 3.48. The van der Waals surface area contributed by atoms with Crippen LogP contribution in [0.4, 0.5) is 0 Å². The normalized spacial score (nSPS) is 16.3. The summed E-state index contributed by atoms with van der Waals surface area (Å²) >= 11 is 3.46. The van der Waals surface area contributed by atoms with Gasteiger partial charge in [-0.25, -0.2) is 0 Å². The van der Waals surface area contributed by atoms with Crippen LogP contribution in [0.3, 0.4) is 0 Å². The van der Waals surface area contributed by atoms with Gasteiger partial charge in [0.2, 0.25) is 5.91 Å². The molecule has 0 atom stereocenters. The quantitative estimate of drug-likeness (QED) is 0.671. The van der Waals surface area contributed by atoms with Gasteiger partial charge in [0.25, 0.3) is 0 Å². The van der Waals surface area contributed by atoms with E-state index in [9.17, 15) is 4.79 Å². The maximum Gasteiger partial charge on any atom is 0.249 e. The van der Waals surface area contributed by atoms with Crippen molar-refractivity contribution in [3.8, 4) is 0 Å². The van der Waals surface area contributed by atoms with Crippen LogP contribution in [-0.4, -0.2) is 5.91 Å². The highest BCUT2D eigenvalue weighted by Crippen LogP contribution is 2.41. The maximum absolute atomic E-state index is 11.7. The third-order valence-corrected chi connectivity index (χ3v) is 3.61. The number of benzene rings is 1. The molecular formula is C14H14BrNO. The number of hydrogen-bond acceptors (Lipinski definition) is 1. The summed E-state index contributed by atoms with van der Waals surface area (Å²) in [4.78, 5) is 11.7. The van der Waals surface area contributed by atoms with Crippen LogP contribution in [0.5, 0.6) is 0 Å². The molecule has 3 heteroatoms. The SMILES string of the molecule is C=C/C(=C(/C(N)=O)c1ccccc1Br)C1CC1. The first-order valence-corrected chi connectivity index (χ1v) is 6.35. The molecule has 0 saturated heterocycles. The highest BCUT2D eigenvalue weighted by molar-refractivity contribution is 9.10. The third kappa shape index (κ3) is 2.50. The number of nitrogens with two attached hydrogens (primary N) is 1. The number of rotatable bonds is 4. The molecule has 0 aromatic heterocycles. The van der Waals surface area contributed by atoms with Crippen LogP contribution in [0.25, 0.3) is 5.57 Å². The summed E-state index contributed by atoms with van der Waals surface area (Å²) in [6.07, 6.45) is 3.99. The van der Waals surface area contributed by atoms with E-state index in [2.05, 4.69) is 22.5 Å². The van der Waals surface area contributed by atoms with Gasteiger partial charge in [-0.1, -0.05) is 46.8 Å². The monoisotopic (exact) mass is 291 g/mol. The Hall–Kier alpha value is -1.35. The molecule has 1 saturated carbocycles. The van der Waals surface area contributed by atoms with E-state index < -0.39 is 5.91 Å². The van der Waals surface area contributed by atoms with Gasteiger partial charge in [0.05, 0.1) is 5.57 Å². The number of halogens is 1. The van der Waals surface area contributed by atoms with Gasteiger partial charge in [0.1, 0.15) is 0 Å². The highest BCUT2D eigenvalue weighted by Gasteiger charge is 2.29. The summed E-state index contributed by atoms with van der Waals surface area (Å²) in [5.74, 6) is 0.0563. The molecule has 0 spiro atoms. The van der Waals surface area contributed by atoms with Crippen LogP contribution in [0, 0.1) is 5.92 Å². The minimum atomic E-state index is -0.390. The van der Waals surface area contributed by atoms with Crippen molar-refractivity contribution in [2.45, 2.75) is 12.8 Å². The lowest BCUT2D eigenvalue weighted by molar-refractivity contribution is -0.112. The highest BCUT2D eigenvalue weighted by atomic mass is 79.9. The molecule has 0 bridgehead atoms. The molecule has 0 aliphatic heterocycles. The number of hydrogen-bond donors (Lipinski definition) is 1. The minimum absolute atomic E-state index is 0.390. The van der Waals surface area contributed by atoms with Crippen molar-refractivity contribution < 1.29 is 4.79 Å². The summed E-state index contributed by atoms with van der Waals surface area (Å²) < 4.78 is 0.883. The first-order chi connectivity index (χ1) is 8.15. The van der Waals surface area contributed by atoms with Gasteiger partial charge < -0.3 is 5.73 Å². The Morgan fingerprint density at radius 1 is 1.41 bits per heavy atom. The molecule has 1 aromatic carbocycles. The Morgan fingerprint density at radius 3 is 2.53 bits per heavy atom. The van der Waals surface area contributed by atoms with Crippen LogP contribution < -0.4 is 5.73 Å². The Morgan fingerprint density at radius 2 is 2.06 bits per heavy atom. The number of carbonyl (C=O) groups excluding carboxylic acids is 1. The lowest BCUT2D eigenvalue weighted by Crippen LogP contribution is -2.15. The van der Waals surface area contributed by atoms with Gasteiger partial charge >= 0.3 is 0 Å². The zero-order valence-electron chi connectivity index (χ0n) is 9.45. The van der Waals surface area contributed by atoms with Crippen LogP contribution in [0.15, 0.2) is 47.0 Å². The Labute approximate surface area is 109 Å². The van der Waals surface area contributed by atoms with E-state index in [1.54, 1.807) is 6.08 Å². The second kappa shape index (κ2) is 4.88. The van der Waals surface area contributed by atoms with Crippen molar-refractivity contribution in [2.24, 2.45) is 11.7 Å². The first-order valence-electron chi connectivity index (χ1n) is 5.56. The summed E-state index contributed by atoms with van der Waals surface area (Å²) in [5.41, 5.74) is 7.93. The lowest BCUT2D eigenvalue weighted by Gasteiger charge is -2.11. The molecular weight excluding hydrogens is 278 g/mol. The molecule has 2 nitrogen and oxygen atoms in total. The largest absolute Gasteiger partial charge is 0.366 e. The van der Waals surface area contributed by atoms with Crippen molar-refractivity contribution in [1.82, 2.24) is 0 Å². The van der Waals surface area contributed by atoms with Gasteiger partial charge in [-0.3, -0.25) is 4.79 Å². The van der Waals surface area contributed by atoms with Crippen molar-refractivity contribution in [2.75, 3.05) is 0 Å². The van der Waals surface area contributed by atoms with Crippen LogP contribution >= 0.6 is 15.9 Å². The maximum atomic E-state index is 11.7. The zero-order chi connectivity index (χ0) is 12.4. The van der Waals surface area contributed by atoms with Crippen molar-refractivity contribution in [3.63, 3.8) is 0 Å². The molecule has 88 valence electrons. The molecule has 0 unspecified atom stereocenters. The molecule has 0 radical (unpaired) electrons. The number of allylic oxidation sites excluding steroid dienone is 2. The fourth-order valence-electron chi connectivity index (χ4n) is 1.96. The number of amides is 1. The van der Waals surface area contributed by atoms with Gasteiger partial charge in [-0.2, -0.15) is 0 Å². The van der Waals surface area contributed by atoms with E-state index in [0.717, 1.165) is 28.5 Å². The Balaban J connectivity index is 2.60. The van der Waals surface area contributed by atoms with E-state index >= 15 is 0 Å². The van der Waals surface area contributed by atoms with Crippen molar-refractivity contribution in [3.05, 3.63) is 52.5 Å². The standard InChI is InChI=1S/C14H14BrNO/c1-2-10(9-7-8-9)13(14(16)17)11-5-3-4-6-12(11)15/h2-6,9H,1,7-8H2,(H2,16,17)/b13-10-. The number of carbonyl (C=O) groups is 1. The summed E-state index contributed by atoms with van der Waals surface area (Å²) in [5, 5.41) is 0. The average Bonchev–Trinajstić information content (AvgIpc) is 3.10. The van der Waals surface area contributed by atoms with E-state index in [4.69, 9.17) is 5.73 Å². The van der Waals surface area contributed by atoms with E-state index in [-0.39, 0.29) is 0 Å². The molecule has 1 aromatic rings. The third-order valence-electron chi connectivity index (χ3n) is 2.92. The molecule has 1 aliphatic rings. The molecule has 1 fully saturated rings. The molecule has 1 aliphatic carbocycles. The topological polar surface area (TPSA) is 43.1 Å². The van der Waals surface area contributed by atoms with Gasteiger partial charge in [0.15, 0.2) is 0 Å². The summed E-state index contributed by atoms with van der Waals surface area (Å²) in [6, 6.07) is 7.62. The second-order valence-electron chi connectivity index (χ2n) is 4.15. The predicted molar refractivity (Wildman–Crippen MR) is 73.2 cm³/mol. The van der Waals surface area contributed by atoms with Gasteiger partial charge in [-0.05, 0) is 30.4 Å². The molecule has 17 heavy (non-hydrogen) atoms. The Bertz CT molecular complexity index is 501. The lowest BCUT2D eigenvalue weighted by atomic mass is 9.96. The fraction of sp³-hybridized carbons (Fsp3) is 0.214. The van der Waals surface area contributed by atoms with E-state index in [1.807, 2.05) is 24.3 Å². The van der Waals surface area contributed by atoms with Crippen LogP contribution in [0.2, 0.25) is 0 Å². The average molecular weight is 292 g/mol. The van der Waals surface area contributed by atoms with E-state index in [0.29, 0.717) is 11.5 Å². The predicted octanol–water partition coefficient (Wildman–Crippen LogP) is 3.28. The smallest absolute Gasteiger partial charge is 0.249 e. The first kappa shape index (κ1) is 12.1. The van der Waals surface area contributed by atoms with Gasteiger partial charge in [-0.15, -0.1) is 0 Å². The second-order valence-corrected chi connectivity index (χ2v) is 5.01. The van der Waals surface area contributed by atoms with E-state index in [1.165, 1.54) is 0 Å². The zero-order valence-corrected chi connectivity index (χ0v) is 11.0. The molecule has 2 N–H and O–H groups in total. The summed E-state index contributed by atoms with van der Waals surface area (Å²) in [6.45, 7) is 3.80. The van der Waals surface area contributed by atoms with Gasteiger partial charge in [0, 0.05) is 10.0 Å². The summed E-state index contributed by atoms with van der Waals surface area (Å²) in [7, 11) is 0.